The number of methoxy groups -OCH3 is 1. The summed E-state index contributed by atoms with van der Waals surface area (Å²) in [5.41, 5.74) is 2.89. The van der Waals surface area contributed by atoms with Crippen LogP contribution in [0.15, 0.2) is 0 Å². The number of carbonyl (C=O) groups is 5. The summed E-state index contributed by atoms with van der Waals surface area (Å²) in [5.74, 6) is -8.06. The second kappa shape index (κ2) is 9.78. The first-order valence-corrected chi connectivity index (χ1v) is 14.0. The van der Waals surface area contributed by atoms with Crippen LogP contribution in [0.5, 0.6) is 0 Å². The molecule has 0 aromatic rings. The topological polar surface area (TPSA) is 181 Å². The minimum Gasteiger partial charge on any atom is -0.469 e. The molecule has 5 N–H and O–H groups in total. The predicted molar refractivity (Wildman–Crippen MR) is 131 cm³/mol. The lowest BCUT2D eigenvalue weighted by molar-refractivity contribution is -0.202. The summed E-state index contributed by atoms with van der Waals surface area (Å²) in [7, 11) is 1.39. The SMILES string of the molecule is COC(=O)C1CC(C)CC(C2CCC(O)C3C(=O)C4C(=O)[C@]5(O)C(O)C(C(N)=O)C(=O)C[C@@H]5C[C@@H]4CC23)C1. The van der Waals surface area contributed by atoms with Gasteiger partial charge in [0.25, 0.3) is 0 Å². The van der Waals surface area contributed by atoms with Gasteiger partial charge in [0.1, 0.15) is 23.6 Å². The average molecular weight is 534 g/mol. The van der Waals surface area contributed by atoms with Gasteiger partial charge in [0, 0.05) is 18.3 Å². The molecule has 0 aliphatic heterocycles. The molecular formula is C28H39NO9. The summed E-state index contributed by atoms with van der Waals surface area (Å²) in [6, 6.07) is 0. The molecule has 10 heteroatoms. The number of carbonyl (C=O) groups excluding carboxylic acids is 5. The van der Waals surface area contributed by atoms with Crippen LogP contribution < -0.4 is 5.73 Å². The van der Waals surface area contributed by atoms with Crippen LogP contribution in [0, 0.1) is 59.2 Å². The molecule has 38 heavy (non-hydrogen) atoms. The maximum Gasteiger partial charge on any atom is 0.308 e. The largest absolute Gasteiger partial charge is 0.469 e. The minimum atomic E-state index is -2.41. The summed E-state index contributed by atoms with van der Waals surface area (Å²) < 4.78 is 5.03. The molecule has 10 nitrogen and oxygen atoms in total. The van der Waals surface area contributed by atoms with Crippen LogP contribution in [0.1, 0.15) is 58.3 Å². The summed E-state index contributed by atoms with van der Waals surface area (Å²) in [6.07, 6.45) is 0.937. The molecule has 5 rings (SSSR count). The first kappa shape index (κ1) is 27.4. The fourth-order valence-electron chi connectivity index (χ4n) is 9.22. The number of aliphatic hydroxyl groups is 3. The molecule has 5 aliphatic rings. The maximum atomic E-state index is 13.9. The zero-order valence-electron chi connectivity index (χ0n) is 22.0. The Labute approximate surface area is 221 Å². The monoisotopic (exact) mass is 533 g/mol. The molecule has 0 aromatic carbocycles. The number of primary amides is 1. The predicted octanol–water partition coefficient (Wildman–Crippen LogP) is 0.176. The van der Waals surface area contributed by atoms with Gasteiger partial charge >= 0.3 is 5.97 Å². The van der Waals surface area contributed by atoms with E-state index in [0.717, 1.165) is 19.3 Å². The van der Waals surface area contributed by atoms with Crippen LogP contribution in [-0.2, 0) is 28.7 Å². The van der Waals surface area contributed by atoms with Crippen molar-refractivity contribution in [3.8, 4) is 0 Å². The average Bonchev–Trinajstić information content (AvgIpc) is 2.85. The Morgan fingerprint density at radius 1 is 0.974 bits per heavy atom. The molecule has 5 fully saturated rings. The third kappa shape index (κ3) is 4.05. The van der Waals surface area contributed by atoms with Crippen LogP contribution in [0.4, 0.5) is 0 Å². The van der Waals surface area contributed by atoms with E-state index in [1.165, 1.54) is 7.11 Å². The number of hydrogen-bond donors (Lipinski definition) is 4. The number of hydrogen-bond acceptors (Lipinski definition) is 9. The molecule has 0 saturated heterocycles. The molecule has 13 atom stereocenters. The van der Waals surface area contributed by atoms with E-state index in [4.69, 9.17) is 10.5 Å². The minimum absolute atomic E-state index is 0.0944. The van der Waals surface area contributed by atoms with Gasteiger partial charge in [-0.3, -0.25) is 24.0 Å². The molecule has 10 unspecified atom stereocenters. The molecule has 0 radical (unpaired) electrons. The first-order chi connectivity index (χ1) is 17.9. The zero-order valence-corrected chi connectivity index (χ0v) is 22.0. The van der Waals surface area contributed by atoms with Crippen LogP contribution in [0.25, 0.3) is 0 Å². The number of amides is 1. The Kier molecular flexibility index (Phi) is 7.05. The van der Waals surface area contributed by atoms with Crippen molar-refractivity contribution < 1.29 is 44.0 Å². The highest BCUT2D eigenvalue weighted by molar-refractivity contribution is 6.11. The molecule has 5 saturated carbocycles. The van der Waals surface area contributed by atoms with Crippen molar-refractivity contribution in [3.05, 3.63) is 0 Å². The van der Waals surface area contributed by atoms with Crippen molar-refractivity contribution in [3.63, 3.8) is 0 Å². The van der Waals surface area contributed by atoms with Crippen molar-refractivity contribution in [2.75, 3.05) is 7.11 Å². The Balaban J connectivity index is 1.44. The Bertz CT molecular complexity index is 1040. The lowest BCUT2D eigenvalue weighted by Crippen LogP contribution is -2.71. The van der Waals surface area contributed by atoms with Gasteiger partial charge in [-0.1, -0.05) is 6.92 Å². The van der Waals surface area contributed by atoms with Crippen molar-refractivity contribution in [2.45, 2.75) is 76.1 Å². The third-order valence-corrected chi connectivity index (χ3v) is 10.8. The van der Waals surface area contributed by atoms with E-state index in [1.54, 1.807) is 0 Å². The van der Waals surface area contributed by atoms with Gasteiger partial charge in [-0.05, 0) is 74.5 Å². The van der Waals surface area contributed by atoms with E-state index < -0.39 is 70.7 Å². The van der Waals surface area contributed by atoms with E-state index in [9.17, 15) is 39.3 Å². The van der Waals surface area contributed by atoms with Gasteiger partial charge < -0.3 is 25.8 Å². The Hall–Kier alpha value is -2.17. The quantitative estimate of drug-likeness (QED) is 0.290. The Morgan fingerprint density at radius 2 is 1.68 bits per heavy atom. The molecule has 0 aromatic heterocycles. The number of aliphatic hydroxyl groups excluding tert-OH is 2. The van der Waals surface area contributed by atoms with Crippen LogP contribution >= 0.6 is 0 Å². The third-order valence-electron chi connectivity index (χ3n) is 10.8. The second-order valence-corrected chi connectivity index (χ2v) is 12.8. The summed E-state index contributed by atoms with van der Waals surface area (Å²) >= 11 is 0. The zero-order chi connectivity index (χ0) is 27.7. The number of fused-ring (bicyclic) bond motifs is 3. The molecule has 0 spiro atoms. The van der Waals surface area contributed by atoms with Gasteiger partial charge in [0.05, 0.1) is 25.0 Å². The first-order valence-electron chi connectivity index (χ1n) is 14.0. The lowest BCUT2D eigenvalue weighted by Gasteiger charge is -2.56. The molecule has 0 heterocycles. The smallest absolute Gasteiger partial charge is 0.308 e. The van der Waals surface area contributed by atoms with Gasteiger partial charge in [-0.15, -0.1) is 0 Å². The molecule has 1 amide bonds. The van der Waals surface area contributed by atoms with Crippen LogP contribution in [-0.4, -0.2) is 69.5 Å². The number of esters is 1. The number of nitrogens with two attached hydrogens (primary N) is 1. The lowest BCUT2D eigenvalue weighted by atomic mass is 9.48. The maximum absolute atomic E-state index is 13.9. The van der Waals surface area contributed by atoms with Crippen molar-refractivity contribution in [1.82, 2.24) is 0 Å². The Morgan fingerprint density at radius 3 is 2.34 bits per heavy atom. The van der Waals surface area contributed by atoms with Crippen molar-refractivity contribution in [2.24, 2.45) is 64.9 Å². The summed E-state index contributed by atoms with van der Waals surface area (Å²) in [4.78, 5) is 64.5. The van der Waals surface area contributed by atoms with E-state index in [-0.39, 0.29) is 42.5 Å². The standard InChI is InChI=1S/C28H39NO9/c1-11-5-12(7-14(6-11)27(36)38-2)16-3-4-18(30)21-17(16)9-13-8-15-10-19(31)22(26(29)35)25(34)28(15,37)24(33)20(13)23(21)32/h11-18,20-22,25,30,34,37H,3-10H2,1-2H3,(H2,29,35)/t11?,12?,13-,14?,15+,16?,17?,18?,20?,21?,22?,25?,28+/m1/s1. The van der Waals surface area contributed by atoms with Crippen molar-refractivity contribution in [1.29, 1.82) is 0 Å². The second-order valence-electron chi connectivity index (χ2n) is 12.8. The number of ketones is 3. The van der Waals surface area contributed by atoms with Gasteiger partial charge in [-0.25, -0.2) is 0 Å². The van der Waals surface area contributed by atoms with E-state index >= 15 is 0 Å². The summed E-state index contributed by atoms with van der Waals surface area (Å²) in [5, 5.41) is 33.3. The molecule has 0 bridgehead atoms. The fourth-order valence-corrected chi connectivity index (χ4v) is 9.22. The van der Waals surface area contributed by atoms with Gasteiger partial charge in [-0.2, -0.15) is 0 Å². The van der Waals surface area contributed by atoms with E-state index in [2.05, 4.69) is 6.92 Å². The van der Waals surface area contributed by atoms with Crippen LogP contribution in [0.3, 0.4) is 0 Å². The van der Waals surface area contributed by atoms with Gasteiger partial charge in [0.2, 0.25) is 5.91 Å². The highest BCUT2D eigenvalue weighted by Crippen LogP contribution is 2.57. The molecule has 210 valence electrons. The number of Topliss-reactive ketones (excluding diaryl/α,β-unsaturated/α-hetero) is 3. The van der Waals surface area contributed by atoms with Crippen molar-refractivity contribution >= 4 is 29.2 Å². The van der Waals surface area contributed by atoms with Gasteiger partial charge in [0.15, 0.2) is 11.4 Å². The molecule has 5 aliphatic carbocycles. The van der Waals surface area contributed by atoms with E-state index in [1.807, 2.05) is 0 Å². The molecular weight excluding hydrogens is 494 g/mol. The fraction of sp³-hybridized carbons (Fsp3) is 0.821. The normalized spacial score (nSPS) is 48.9. The van der Waals surface area contributed by atoms with E-state index in [0.29, 0.717) is 25.2 Å². The summed E-state index contributed by atoms with van der Waals surface area (Å²) in [6.45, 7) is 2.12. The highest BCUT2D eigenvalue weighted by atomic mass is 16.5. The van der Waals surface area contributed by atoms with Crippen LogP contribution in [0.2, 0.25) is 0 Å². The number of rotatable bonds is 3. The number of ether oxygens (including phenoxy) is 1. The highest BCUT2D eigenvalue weighted by Gasteiger charge is 2.67.